The molecule has 0 spiro atoms. The predicted molar refractivity (Wildman–Crippen MR) is 107 cm³/mol. The summed E-state index contributed by atoms with van der Waals surface area (Å²) in [6.07, 6.45) is 2.09. The Morgan fingerprint density at radius 2 is 1.86 bits per heavy atom. The third kappa shape index (κ3) is 3.85. The highest BCUT2D eigenvalue weighted by molar-refractivity contribution is 7.89. The molecule has 1 aliphatic rings. The van der Waals surface area contributed by atoms with Crippen molar-refractivity contribution in [3.05, 3.63) is 42.4 Å². The summed E-state index contributed by atoms with van der Waals surface area (Å²) in [7, 11) is -1.97. The maximum atomic E-state index is 13.0. The quantitative estimate of drug-likeness (QED) is 0.655. The van der Waals surface area contributed by atoms with Gasteiger partial charge in [0.1, 0.15) is 16.3 Å². The maximum absolute atomic E-state index is 13.0. The lowest BCUT2D eigenvalue weighted by molar-refractivity contribution is 0.385. The molecular formula is C19H23N5O4S. The van der Waals surface area contributed by atoms with Crippen molar-refractivity contribution in [3.63, 3.8) is 0 Å². The van der Waals surface area contributed by atoms with Crippen LogP contribution in [0.2, 0.25) is 0 Å². The van der Waals surface area contributed by atoms with Crippen LogP contribution in [0.4, 0.5) is 5.69 Å². The van der Waals surface area contributed by atoms with E-state index in [1.165, 1.54) is 16.6 Å². The lowest BCUT2D eigenvalue weighted by Crippen LogP contribution is -2.48. The van der Waals surface area contributed by atoms with Crippen molar-refractivity contribution >= 4 is 15.7 Å². The van der Waals surface area contributed by atoms with Crippen LogP contribution in [0.5, 0.6) is 5.75 Å². The lowest BCUT2D eigenvalue weighted by Gasteiger charge is -2.35. The molecule has 10 heteroatoms. The number of aromatic nitrogens is 3. The first kappa shape index (κ1) is 19.5. The zero-order valence-corrected chi connectivity index (χ0v) is 17.1. The average molecular weight is 417 g/mol. The monoisotopic (exact) mass is 417 g/mol. The van der Waals surface area contributed by atoms with E-state index in [9.17, 15) is 8.42 Å². The number of sulfonamides is 1. The van der Waals surface area contributed by atoms with Crippen LogP contribution in [0.1, 0.15) is 12.8 Å². The Bertz CT molecular complexity index is 1070. The molecule has 0 aliphatic carbocycles. The minimum absolute atomic E-state index is 0.196. The van der Waals surface area contributed by atoms with Crippen LogP contribution in [0.3, 0.4) is 0 Å². The summed E-state index contributed by atoms with van der Waals surface area (Å²) in [5.41, 5.74) is 1.54. The number of aromatic amines is 1. The van der Waals surface area contributed by atoms with Gasteiger partial charge in [-0.3, -0.25) is 0 Å². The number of H-pyrrole nitrogens is 1. The standard InChI is InChI=1S/C19H23N5O4S/c1-3-18-21-22-19(28-18)17-12-16(13-20-17)29(25,26)24-10-8-23(9-11-24)14-4-6-15(27-2)7-5-14/h4-7,12-13,20H,3,8-11H2,1-2H3. The average Bonchev–Trinajstić information content (AvgIpc) is 3.43. The summed E-state index contributed by atoms with van der Waals surface area (Å²) in [6, 6.07) is 9.31. The molecule has 0 amide bonds. The van der Waals surface area contributed by atoms with Gasteiger partial charge in [-0.2, -0.15) is 4.31 Å². The normalized spacial score (nSPS) is 15.6. The van der Waals surface area contributed by atoms with Crippen LogP contribution in [0.15, 0.2) is 45.8 Å². The summed E-state index contributed by atoms with van der Waals surface area (Å²) in [5.74, 6) is 1.59. The Hall–Kier alpha value is -2.85. The van der Waals surface area contributed by atoms with Crippen molar-refractivity contribution in [2.24, 2.45) is 0 Å². The minimum atomic E-state index is -3.60. The van der Waals surface area contributed by atoms with Crippen LogP contribution >= 0.6 is 0 Å². The van der Waals surface area contributed by atoms with E-state index in [2.05, 4.69) is 20.1 Å². The molecular weight excluding hydrogens is 394 g/mol. The van der Waals surface area contributed by atoms with Gasteiger partial charge < -0.3 is 19.0 Å². The fraction of sp³-hybridized carbons (Fsp3) is 0.368. The number of hydrogen-bond acceptors (Lipinski definition) is 7. The summed E-state index contributed by atoms with van der Waals surface area (Å²) in [6.45, 7) is 3.97. The molecule has 0 radical (unpaired) electrons. The van der Waals surface area contributed by atoms with E-state index in [0.717, 1.165) is 11.4 Å². The first-order valence-corrected chi connectivity index (χ1v) is 10.9. The predicted octanol–water partition coefficient (Wildman–Crippen LogP) is 2.15. The van der Waals surface area contributed by atoms with E-state index in [4.69, 9.17) is 9.15 Å². The molecule has 9 nitrogen and oxygen atoms in total. The van der Waals surface area contributed by atoms with Gasteiger partial charge in [0.05, 0.1) is 7.11 Å². The second-order valence-corrected chi connectivity index (χ2v) is 8.63. The van der Waals surface area contributed by atoms with Gasteiger partial charge in [-0.25, -0.2) is 8.42 Å². The van der Waals surface area contributed by atoms with Crippen LogP contribution in [-0.2, 0) is 16.4 Å². The van der Waals surface area contributed by atoms with Gasteiger partial charge in [-0.15, -0.1) is 10.2 Å². The second kappa shape index (κ2) is 7.88. The number of benzene rings is 1. The summed E-state index contributed by atoms with van der Waals surface area (Å²) >= 11 is 0. The Morgan fingerprint density at radius 1 is 1.14 bits per heavy atom. The Kier molecular flexibility index (Phi) is 5.29. The molecule has 1 aliphatic heterocycles. The molecule has 1 fully saturated rings. The van der Waals surface area contributed by atoms with E-state index in [1.807, 2.05) is 31.2 Å². The Morgan fingerprint density at radius 3 is 2.48 bits per heavy atom. The third-order valence-electron chi connectivity index (χ3n) is 4.97. The molecule has 1 aromatic carbocycles. The number of rotatable bonds is 6. The number of ether oxygens (including phenoxy) is 1. The number of nitrogens with one attached hydrogen (secondary N) is 1. The highest BCUT2D eigenvalue weighted by atomic mass is 32.2. The van der Waals surface area contributed by atoms with Crippen molar-refractivity contribution in [3.8, 4) is 17.3 Å². The van der Waals surface area contributed by atoms with Gasteiger partial charge >= 0.3 is 0 Å². The van der Waals surface area contributed by atoms with E-state index < -0.39 is 10.0 Å². The van der Waals surface area contributed by atoms with E-state index in [-0.39, 0.29) is 10.8 Å². The number of hydrogen-bond donors (Lipinski definition) is 1. The van der Waals surface area contributed by atoms with Crippen molar-refractivity contribution in [2.45, 2.75) is 18.2 Å². The van der Waals surface area contributed by atoms with Crippen LogP contribution < -0.4 is 9.64 Å². The van der Waals surface area contributed by atoms with Crippen molar-refractivity contribution in [1.29, 1.82) is 0 Å². The second-order valence-electron chi connectivity index (χ2n) is 6.69. The summed E-state index contributed by atoms with van der Waals surface area (Å²) in [4.78, 5) is 5.29. The number of nitrogens with zero attached hydrogens (tertiary/aromatic N) is 4. The van der Waals surface area contributed by atoms with Crippen LogP contribution in [0, 0.1) is 0 Å². The molecule has 0 atom stereocenters. The Labute approximate surface area is 169 Å². The molecule has 1 N–H and O–H groups in total. The van der Waals surface area contributed by atoms with E-state index >= 15 is 0 Å². The number of piperazine rings is 1. The number of anilines is 1. The fourth-order valence-corrected chi connectivity index (χ4v) is 4.70. The molecule has 29 heavy (non-hydrogen) atoms. The highest BCUT2D eigenvalue weighted by Gasteiger charge is 2.30. The van der Waals surface area contributed by atoms with E-state index in [1.54, 1.807) is 7.11 Å². The molecule has 1 saturated heterocycles. The molecule has 3 heterocycles. The lowest BCUT2D eigenvalue weighted by atomic mass is 10.2. The van der Waals surface area contributed by atoms with Crippen molar-refractivity contribution in [1.82, 2.24) is 19.5 Å². The molecule has 4 rings (SSSR count). The molecule has 2 aromatic heterocycles. The highest BCUT2D eigenvalue weighted by Crippen LogP contribution is 2.25. The third-order valence-corrected chi connectivity index (χ3v) is 6.85. The number of aryl methyl sites for hydroxylation is 1. The van der Waals surface area contributed by atoms with Gasteiger partial charge in [0.15, 0.2) is 0 Å². The smallest absolute Gasteiger partial charge is 0.264 e. The molecule has 154 valence electrons. The zero-order chi connectivity index (χ0) is 20.4. The maximum Gasteiger partial charge on any atom is 0.264 e. The van der Waals surface area contributed by atoms with Crippen LogP contribution in [0.25, 0.3) is 11.6 Å². The largest absolute Gasteiger partial charge is 0.497 e. The Balaban J connectivity index is 1.44. The molecule has 3 aromatic rings. The summed E-state index contributed by atoms with van der Waals surface area (Å²) < 4.78 is 38.2. The van der Waals surface area contributed by atoms with Gasteiger partial charge in [-0.05, 0) is 30.3 Å². The molecule has 0 bridgehead atoms. The van der Waals surface area contributed by atoms with Gasteiger partial charge in [0.2, 0.25) is 15.9 Å². The fourth-order valence-electron chi connectivity index (χ4n) is 3.28. The first-order chi connectivity index (χ1) is 14.0. The number of methoxy groups -OCH3 is 1. The van der Waals surface area contributed by atoms with Gasteiger partial charge in [0.25, 0.3) is 5.89 Å². The van der Waals surface area contributed by atoms with Crippen molar-refractivity contribution < 1.29 is 17.6 Å². The topological polar surface area (TPSA) is 105 Å². The zero-order valence-electron chi connectivity index (χ0n) is 16.3. The minimum Gasteiger partial charge on any atom is -0.497 e. The van der Waals surface area contributed by atoms with Gasteiger partial charge in [0, 0.05) is 44.5 Å². The van der Waals surface area contributed by atoms with Crippen LogP contribution in [-0.4, -0.2) is 61.2 Å². The molecule has 0 unspecified atom stereocenters. The van der Waals surface area contributed by atoms with Gasteiger partial charge in [-0.1, -0.05) is 6.92 Å². The summed E-state index contributed by atoms with van der Waals surface area (Å²) in [5, 5.41) is 7.86. The molecule has 0 saturated carbocycles. The first-order valence-electron chi connectivity index (χ1n) is 9.41. The SMILES string of the molecule is CCc1nnc(-c2cc(S(=O)(=O)N3CCN(c4ccc(OC)cc4)CC3)c[nH]2)o1. The van der Waals surface area contributed by atoms with Crippen molar-refractivity contribution in [2.75, 3.05) is 38.2 Å². The van der Waals surface area contributed by atoms with E-state index in [0.29, 0.717) is 44.2 Å².